The number of rotatable bonds is 8. The van der Waals surface area contributed by atoms with Gasteiger partial charge in [0.1, 0.15) is 0 Å². The lowest BCUT2D eigenvalue weighted by atomic mass is 11.3. The van der Waals surface area contributed by atoms with E-state index in [1.54, 1.807) is 0 Å². The molecule has 0 spiro atoms. The molecule has 0 atom stereocenters. The zero-order chi connectivity index (χ0) is 22.7. The summed E-state index contributed by atoms with van der Waals surface area (Å²) >= 11 is 0. The topological polar surface area (TPSA) is 27.7 Å². The second kappa shape index (κ2) is 13.8. The Morgan fingerprint density at radius 1 is 0.556 bits per heavy atom. The molecule has 0 unspecified atom stereocenters. The van der Waals surface area contributed by atoms with E-state index in [0.29, 0.717) is 0 Å². The summed E-state index contributed by atoms with van der Waals surface area (Å²) in [5.41, 5.74) is 3.93. The van der Waals surface area contributed by atoms with E-state index < -0.39 is 51.4 Å². The summed E-state index contributed by atoms with van der Waals surface area (Å²) in [6.45, 7) is 38.5. The van der Waals surface area contributed by atoms with Crippen molar-refractivity contribution in [3.8, 4) is 0 Å². The van der Waals surface area contributed by atoms with Crippen molar-refractivity contribution < 1.29 is 12.3 Å². The van der Waals surface area contributed by atoms with E-state index in [4.69, 9.17) is 12.3 Å². The van der Waals surface area contributed by atoms with Crippen LogP contribution in [0.3, 0.4) is 0 Å². The highest BCUT2D eigenvalue weighted by atomic mass is 28.4. The molecule has 0 amide bonds. The van der Waals surface area contributed by atoms with Gasteiger partial charge < -0.3 is 12.3 Å². The quantitative estimate of drug-likeness (QED) is 0.369. The molecule has 27 heavy (non-hydrogen) atoms. The van der Waals surface area contributed by atoms with E-state index >= 15 is 0 Å². The van der Waals surface area contributed by atoms with Gasteiger partial charge in [0, 0.05) is 0 Å². The maximum absolute atomic E-state index is 5.97. The van der Waals surface area contributed by atoms with Crippen LogP contribution in [0.2, 0.25) is 91.7 Å². The first-order valence-corrected chi connectivity index (χ1v) is 28.3. The summed E-state index contributed by atoms with van der Waals surface area (Å²) in [5.74, 6) is 0. The molecule has 0 aromatic rings. The minimum absolute atomic E-state index is 0.667. The van der Waals surface area contributed by atoms with Gasteiger partial charge >= 0.3 is 0 Å². The van der Waals surface area contributed by atoms with Gasteiger partial charge in [-0.05, 0) is 91.7 Å². The van der Waals surface area contributed by atoms with E-state index in [1.807, 2.05) is 11.4 Å². The van der Waals surface area contributed by atoms with Crippen molar-refractivity contribution in [2.45, 2.75) is 91.7 Å². The van der Waals surface area contributed by atoms with E-state index in [9.17, 15) is 0 Å². The third kappa shape index (κ3) is 31.6. The van der Waals surface area contributed by atoms with Gasteiger partial charge in [-0.1, -0.05) is 11.4 Å². The molecule has 9 heteroatoms. The molecular formula is C18H50O3Si6. The van der Waals surface area contributed by atoms with Gasteiger partial charge in [0.15, 0.2) is 51.4 Å². The molecule has 0 aliphatic carbocycles. The summed E-state index contributed by atoms with van der Waals surface area (Å²) < 4.78 is 17.4. The lowest BCUT2D eigenvalue weighted by molar-refractivity contribution is 0.559. The monoisotopic (exact) mass is 482 g/mol. The maximum Gasteiger partial charge on any atom is 0.198 e. The minimum Gasteiger partial charge on any atom is -0.461 e. The van der Waals surface area contributed by atoms with Crippen LogP contribution in [0.4, 0.5) is 0 Å². The summed E-state index contributed by atoms with van der Waals surface area (Å²) in [7, 11) is -6.95. The molecule has 0 N–H and O–H groups in total. The third-order valence-electron chi connectivity index (χ3n) is 2.67. The average Bonchev–Trinajstić information content (AvgIpc) is 2.33. The highest BCUT2D eigenvalue weighted by Crippen LogP contribution is 2.15. The summed E-state index contributed by atoms with van der Waals surface area (Å²) in [6, 6.07) is 0. The van der Waals surface area contributed by atoms with Gasteiger partial charge in [0.2, 0.25) is 0 Å². The van der Waals surface area contributed by atoms with Crippen molar-refractivity contribution in [2.24, 2.45) is 0 Å². The summed E-state index contributed by atoms with van der Waals surface area (Å²) in [6.07, 6.45) is 0. The third-order valence-corrected chi connectivity index (χ3v) is 18.1. The Kier molecular flexibility index (Phi) is 16.5. The van der Waals surface area contributed by atoms with Crippen molar-refractivity contribution >= 4 is 51.4 Å². The lowest BCUT2D eigenvalue weighted by Crippen LogP contribution is -2.41. The normalized spacial score (nSPS) is 12.7. The lowest BCUT2D eigenvalue weighted by Gasteiger charge is -2.29. The fraction of sp³-hybridized carbons (Fsp3) is 0.778. The van der Waals surface area contributed by atoms with Gasteiger partial charge in [-0.15, -0.1) is 13.2 Å². The Labute approximate surface area is 179 Å². The van der Waals surface area contributed by atoms with Crippen LogP contribution in [-0.4, -0.2) is 51.4 Å². The Bertz CT molecular complexity index is 374. The molecule has 0 aliphatic rings. The van der Waals surface area contributed by atoms with E-state index in [-0.39, 0.29) is 0 Å². The smallest absolute Gasteiger partial charge is 0.198 e. The molecule has 0 aliphatic heterocycles. The van der Waals surface area contributed by atoms with E-state index in [2.05, 4.69) is 105 Å². The van der Waals surface area contributed by atoms with Crippen LogP contribution in [0.1, 0.15) is 0 Å². The van der Waals surface area contributed by atoms with Crippen LogP contribution in [0.15, 0.2) is 24.6 Å². The first-order valence-electron chi connectivity index (χ1n) is 9.99. The zero-order valence-electron chi connectivity index (χ0n) is 20.9. The Morgan fingerprint density at radius 2 is 0.815 bits per heavy atom. The highest BCUT2D eigenvalue weighted by Gasteiger charge is 2.28. The molecule has 0 saturated carbocycles. The Balaban J connectivity index is -0.000000329. The van der Waals surface area contributed by atoms with Gasteiger partial charge in [0.05, 0.1) is 0 Å². The molecule has 0 heterocycles. The second-order valence-corrected chi connectivity index (χ2v) is 32.9. The average molecular weight is 483 g/mol. The number of hydrogen-bond donors (Lipinski definition) is 0. The zero-order valence-corrected chi connectivity index (χ0v) is 27.3. The molecule has 0 aromatic heterocycles. The molecule has 164 valence electrons. The van der Waals surface area contributed by atoms with Crippen molar-refractivity contribution in [3.05, 3.63) is 24.6 Å². The SMILES string of the molecule is C=C[Si](C)(C)O[Si](C)(C)C=C.C[SiH](C)O[SiH](C)C.C[Si](C)(C)O[Si](C)(C)C. The van der Waals surface area contributed by atoms with Crippen LogP contribution in [-0.2, 0) is 12.3 Å². The van der Waals surface area contributed by atoms with Gasteiger partial charge in [-0.3, -0.25) is 0 Å². The fourth-order valence-electron chi connectivity index (χ4n) is 2.22. The van der Waals surface area contributed by atoms with Crippen LogP contribution in [0.25, 0.3) is 0 Å². The molecular weight excluding hydrogens is 433 g/mol. The standard InChI is InChI=1S/C8H18OSi2.C6H18OSi2.C4H14OSi2/c1-7-10(3,4)9-11(5,6)8-2;1-8(2,3)7-9(4,5)6;1-6(2)5-7(3)4/h7-8H,1-2H2,3-6H3;1-6H3;6-7H,1-4H3. The summed E-state index contributed by atoms with van der Waals surface area (Å²) in [5, 5.41) is 0. The van der Waals surface area contributed by atoms with Crippen molar-refractivity contribution in [1.82, 2.24) is 0 Å². The summed E-state index contributed by atoms with van der Waals surface area (Å²) in [4.78, 5) is 0. The second-order valence-electron chi connectivity index (χ2n) is 10.3. The first-order chi connectivity index (χ1) is 11.7. The van der Waals surface area contributed by atoms with Crippen LogP contribution >= 0.6 is 0 Å². The molecule has 3 nitrogen and oxygen atoms in total. The predicted molar refractivity (Wildman–Crippen MR) is 143 cm³/mol. The van der Waals surface area contributed by atoms with Gasteiger partial charge in [0.25, 0.3) is 0 Å². The highest BCUT2D eigenvalue weighted by molar-refractivity contribution is 6.89. The predicted octanol–water partition coefficient (Wildman–Crippen LogP) is 6.51. The molecule has 0 rings (SSSR count). The molecule has 0 bridgehead atoms. The molecule has 0 fully saturated rings. The Morgan fingerprint density at radius 3 is 0.889 bits per heavy atom. The van der Waals surface area contributed by atoms with E-state index in [0.717, 1.165) is 0 Å². The molecule has 0 radical (unpaired) electrons. The number of hydrogen-bond acceptors (Lipinski definition) is 3. The molecule has 0 aromatic carbocycles. The van der Waals surface area contributed by atoms with Crippen LogP contribution in [0, 0.1) is 0 Å². The van der Waals surface area contributed by atoms with Gasteiger partial charge in [-0.25, -0.2) is 0 Å². The van der Waals surface area contributed by atoms with Crippen molar-refractivity contribution in [1.29, 1.82) is 0 Å². The first kappa shape index (κ1) is 32.3. The maximum atomic E-state index is 5.97. The van der Waals surface area contributed by atoms with Gasteiger partial charge in [-0.2, -0.15) is 0 Å². The minimum atomic E-state index is -1.58. The van der Waals surface area contributed by atoms with E-state index in [1.165, 1.54) is 0 Å². The van der Waals surface area contributed by atoms with Crippen molar-refractivity contribution in [3.63, 3.8) is 0 Å². The fourth-order valence-corrected chi connectivity index (χ4v) is 20.0. The van der Waals surface area contributed by atoms with Crippen LogP contribution < -0.4 is 0 Å². The molecule has 0 saturated heterocycles. The van der Waals surface area contributed by atoms with Crippen molar-refractivity contribution in [2.75, 3.05) is 0 Å². The van der Waals surface area contributed by atoms with Crippen LogP contribution in [0.5, 0.6) is 0 Å². The Hall–Kier alpha value is 0.661. The largest absolute Gasteiger partial charge is 0.461 e.